The van der Waals surface area contributed by atoms with Gasteiger partial charge in [0, 0.05) is 47.8 Å². The second kappa shape index (κ2) is 24.9. The lowest BCUT2D eigenvalue weighted by molar-refractivity contribution is -0.171. The van der Waals surface area contributed by atoms with Gasteiger partial charge in [0.2, 0.25) is 0 Å². The monoisotopic (exact) mass is 824 g/mol. The molecule has 0 unspecified atom stereocenters. The van der Waals surface area contributed by atoms with E-state index < -0.39 is 17.8 Å². The summed E-state index contributed by atoms with van der Waals surface area (Å²) in [6.07, 6.45) is 9.71. The number of hydrogen-bond acceptors (Lipinski definition) is 8. The van der Waals surface area contributed by atoms with Crippen LogP contribution in [0.1, 0.15) is 101 Å². The number of aromatic nitrogens is 2. The number of ketones is 1. The molecule has 320 valence electrons. The third-order valence-electron chi connectivity index (χ3n) is 10.4. The molecule has 0 spiro atoms. The average Bonchev–Trinajstić information content (AvgIpc) is 3.56. The number of unbranched alkanes of at least 4 members (excludes halogenated alkanes) is 5. The van der Waals surface area contributed by atoms with Crippen LogP contribution in [0.2, 0.25) is 0 Å². The number of carbonyl (C=O) groups excluding carboxylic acids is 3. The van der Waals surface area contributed by atoms with Gasteiger partial charge in [-0.2, -0.15) is 5.06 Å². The molecule has 7 rings (SSSR count). The van der Waals surface area contributed by atoms with Crippen molar-refractivity contribution in [2.75, 3.05) is 6.54 Å². The van der Waals surface area contributed by atoms with Gasteiger partial charge in [-0.05, 0) is 78.7 Å². The van der Waals surface area contributed by atoms with E-state index in [1.807, 2.05) is 92.7 Å². The molecule has 3 heterocycles. The van der Waals surface area contributed by atoms with Crippen molar-refractivity contribution in [3.8, 4) is 22.3 Å². The van der Waals surface area contributed by atoms with Crippen LogP contribution in [0.25, 0.3) is 44.1 Å². The van der Waals surface area contributed by atoms with Crippen molar-refractivity contribution in [1.29, 1.82) is 0 Å². The van der Waals surface area contributed by atoms with Crippen LogP contribution in [-0.4, -0.2) is 55.5 Å². The van der Waals surface area contributed by atoms with E-state index >= 15 is 0 Å². The number of aliphatic carboxylic acids is 1. The van der Waals surface area contributed by atoms with Gasteiger partial charge < -0.3 is 10.8 Å². The first-order valence-electron chi connectivity index (χ1n) is 21.4. The van der Waals surface area contributed by atoms with E-state index in [4.69, 9.17) is 15.9 Å². The van der Waals surface area contributed by atoms with Gasteiger partial charge in [0.05, 0.1) is 17.5 Å². The fourth-order valence-electron chi connectivity index (χ4n) is 7.19. The van der Waals surface area contributed by atoms with Crippen LogP contribution in [-0.2, 0) is 32.0 Å². The van der Waals surface area contributed by atoms with Crippen LogP contribution < -0.4 is 5.73 Å². The minimum Gasteiger partial charge on any atom is -0.481 e. The van der Waals surface area contributed by atoms with Gasteiger partial charge in [-0.15, -0.1) is 0 Å². The van der Waals surface area contributed by atoms with Gasteiger partial charge in [-0.1, -0.05) is 143 Å². The summed E-state index contributed by atoms with van der Waals surface area (Å²) in [4.78, 5) is 53.6. The fourth-order valence-corrected chi connectivity index (χ4v) is 7.19. The van der Waals surface area contributed by atoms with E-state index in [9.17, 15) is 24.3 Å². The zero-order chi connectivity index (χ0) is 44.1. The van der Waals surface area contributed by atoms with E-state index in [1.165, 1.54) is 32.1 Å². The minimum atomic E-state index is -0.840. The lowest BCUT2D eigenvalue weighted by Crippen LogP contribution is -2.24. The van der Waals surface area contributed by atoms with Crippen LogP contribution in [0, 0.1) is 13.8 Å². The molecule has 2 aromatic heterocycles. The molecule has 0 bridgehead atoms. The molecule has 61 heavy (non-hydrogen) atoms. The molecule has 0 saturated carbocycles. The quantitative estimate of drug-likeness (QED) is 0.0551. The van der Waals surface area contributed by atoms with Crippen molar-refractivity contribution >= 4 is 45.4 Å². The molecule has 0 radical (unpaired) electrons. The molecule has 1 aliphatic heterocycles. The first-order chi connectivity index (χ1) is 29.5. The normalized spacial score (nSPS) is 11.9. The second-order valence-corrected chi connectivity index (χ2v) is 15.1. The highest BCUT2D eigenvalue weighted by Crippen LogP contribution is 2.35. The van der Waals surface area contributed by atoms with Gasteiger partial charge in [-0.3, -0.25) is 34.4 Å². The molecule has 0 atom stereocenters. The lowest BCUT2D eigenvalue weighted by Gasteiger charge is -2.15. The number of carboxylic acid groups (broad SMARTS) is 1. The first-order valence-corrected chi connectivity index (χ1v) is 21.4. The number of rotatable bonds is 14. The molecular formula is C51H60N4O6. The highest BCUT2D eigenvalue weighted by atomic mass is 16.5. The number of benzene rings is 4. The number of fused-ring (bicyclic) bond motifs is 2. The Morgan fingerprint density at radius 1 is 0.607 bits per heavy atom. The summed E-state index contributed by atoms with van der Waals surface area (Å²) in [5, 5.41) is 19.9. The van der Waals surface area contributed by atoms with Gasteiger partial charge in [0.1, 0.15) is 5.78 Å². The van der Waals surface area contributed by atoms with Crippen molar-refractivity contribution in [3.05, 3.63) is 132 Å². The molecule has 0 aliphatic carbocycles. The maximum Gasteiger partial charge on any atom is 0.307 e. The number of amides is 2. The Hall–Kier alpha value is -6.10. The highest BCUT2D eigenvalue weighted by Gasteiger charge is 2.27. The van der Waals surface area contributed by atoms with E-state index in [0.717, 1.165) is 86.0 Å². The summed E-state index contributed by atoms with van der Waals surface area (Å²) >= 11 is 0. The molecule has 4 aromatic carbocycles. The van der Waals surface area contributed by atoms with Gasteiger partial charge in [-0.25, -0.2) is 0 Å². The summed E-state index contributed by atoms with van der Waals surface area (Å²) < 4.78 is 0. The molecule has 2 amide bonds. The number of pyridine rings is 2. The fraction of sp³-hybridized carbons (Fsp3) is 0.333. The number of imide groups is 1. The Morgan fingerprint density at radius 3 is 1.43 bits per heavy atom. The number of aryl methyl sites for hydroxylation is 2. The molecule has 1 aliphatic rings. The predicted octanol–water partition coefficient (Wildman–Crippen LogP) is 10.8. The smallest absolute Gasteiger partial charge is 0.307 e. The summed E-state index contributed by atoms with van der Waals surface area (Å²) in [7, 11) is 0. The maximum atomic E-state index is 12.6. The molecule has 10 heteroatoms. The number of hydrogen-bond donors (Lipinski definition) is 3. The Morgan fingerprint density at radius 2 is 1.03 bits per heavy atom. The number of carboxylic acids is 1. The van der Waals surface area contributed by atoms with Crippen LogP contribution in [0.4, 0.5) is 0 Å². The highest BCUT2D eigenvalue weighted by molar-refractivity contribution is 6.01. The third kappa shape index (κ3) is 14.0. The maximum absolute atomic E-state index is 12.6. The molecule has 4 N–H and O–H groups in total. The van der Waals surface area contributed by atoms with Crippen molar-refractivity contribution in [3.63, 3.8) is 0 Å². The summed E-state index contributed by atoms with van der Waals surface area (Å²) in [6, 6.07) is 36.3. The molecular weight excluding hydrogens is 765 g/mol. The van der Waals surface area contributed by atoms with E-state index in [2.05, 4.69) is 49.2 Å². The number of hydroxylamine groups is 2. The minimum absolute atomic E-state index is 0.0199. The van der Waals surface area contributed by atoms with Crippen molar-refractivity contribution < 1.29 is 29.5 Å². The molecule has 6 aromatic rings. The van der Waals surface area contributed by atoms with Crippen LogP contribution in [0.5, 0.6) is 0 Å². The largest absolute Gasteiger partial charge is 0.481 e. The summed E-state index contributed by atoms with van der Waals surface area (Å²) in [5.41, 5.74) is 15.0. The Bertz CT molecular complexity index is 2340. The molecule has 1 fully saturated rings. The average molecular weight is 825 g/mol. The topological polar surface area (TPSA) is 164 Å². The lowest BCUT2D eigenvalue weighted by atomic mass is 9.91. The SMILES string of the molecule is CCCCCCC(=O)Cc1c(C)nc2ccccc2c1-c1ccccc1.CCCCCN.Cc1nc2ccccc2c(-c2ccccc2)c1CC(=O)O.O=C1CCC(=O)N1O. The number of nitrogens with two attached hydrogens (primary N) is 1. The number of para-hydroxylation sites is 2. The third-order valence-corrected chi connectivity index (χ3v) is 10.4. The van der Waals surface area contributed by atoms with Crippen molar-refractivity contribution in [1.82, 2.24) is 15.0 Å². The Balaban J connectivity index is 0.000000207. The standard InChI is InChI=1S/C24H27NO.C18H15NO2.C5H13N.C4H5NO3/c1-3-4-5-9-14-20(26)17-22-18(2)25-23-16-11-10-15-21(23)24(22)19-12-7-6-8-13-19;1-12-15(11-17(20)21)18(13-7-3-2-4-8-13)14-9-5-6-10-16(14)19-12;1-2-3-4-5-6;6-3-1-2-4(7)5(3)8/h6-8,10-13,15-16H,3-5,9,14,17H2,1-2H3;2-10H,11H2,1H3,(H,20,21);2-6H2,1H3;8H,1-2H2. The Labute approximate surface area is 359 Å². The van der Waals surface area contributed by atoms with Crippen LogP contribution in [0.3, 0.4) is 0 Å². The Kier molecular flexibility index (Phi) is 19.4. The zero-order valence-electron chi connectivity index (χ0n) is 36.0. The van der Waals surface area contributed by atoms with Crippen molar-refractivity contribution in [2.24, 2.45) is 5.73 Å². The molecule has 1 saturated heterocycles. The van der Waals surface area contributed by atoms with Crippen molar-refractivity contribution in [2.45, 2.75) is 105 Å². The van der Waals surface area contributed by atoms with E-state index in [-0.39, 0.29) is 24.3 Å². The first kappa shape index (κ1) is 47.6. The van der Waals surface area contributed by atoms with Crippen LogP contribution in [0.15, 0.2) is 109 Å². The van der Waals surface area contributed by atoms with Crippen LogP contribution >= 0.6 is 0 Å². The van der Waals surface area contributed by atoms with Gasteiger partial charge >= 0.3 is 5.97 Å². The van der Waals surface area contributed by atoms with E-state index in [0.29, 0.717) is 18.6 Å². The number of carbonyl (C=O) groups is 4. The van der Waals surface area contributed by atoms with E-state index in [1.54, 1.807) is 0 Å². The summed E-state index contributed by atoms with van der Waals surface area (Å²) in [5.74, 6) is -1.53. The zero-order valence-corrected chi connectivity index (χ0v) is 36.0. The summed E-state index contributed by atoms with van der Waals surface area (Å²) in [6.45, 7) is 9.12. The van der Waals surface area contributed by atoms with Gasteiger partial charge in [0.25, 0.3) is 11.8 Å². The van der Waals surface area contributed by atoms with Gasteiger partial charge in [0.15, 0.2) is 0 Å². The number of Topliss-reactive ketones (excluding diaryl/α,β-unsaturated/α-hetero) is 1. The second-order valence-electron chi connectivity index (χ2n) is 15.1. The molecule has 10 nitrogen and oxygen atoms in total. The number of nitrogens with zero attached hydrogens (tertiary/aromatic N) is 3. The predicted molar refractivity (Wildman–Crippen MR) is 244 cm³/mol.